The third kappa shape index (κ3) is 7.32. The molecule has 0 aliphatic rings. The highest BCUT2D eigenvalue weighted by molar-refractivity contribution is 14.0. The maximum atomic E-state index is 11.7. The van der Waals surface area contributed by atoms with Crippen LogP contribution in [0.1, 0.15) is 41.6 Å². The highest BCUT2D eigenvalue weighted by Gasteiger charge is 2.11. The largest absolute Gasteiger partial charge is 0.356 e. The minimum atomic E-state index is -3.19. The van der Waals surface area contributed by atoms with Crippen molar-refractivity contribution in [3.8, 4) is 0 Å². The van der Waals surface area contributed by atoms with Gasteiger partial charge in [0.15, 0.2) is 15.8 Å². The Morgan fingerprint density at radius 2 is 2.00 bits per heavy atom. The van der Waals surface area contributed by atoms with E-state index in [1.807, 2.05) is 19.1 Å². The van der Waals surface area contributed by atoms with Gasteiger partial charge in [-0.05, 0) is 24.1 Å². The van der Waals surface area contributed by atoms with Crippen LogP contribution in [0.4, 0.5) is 0 Å². The molecular formula is C19H29IN4O2S2. The van der Waals surface area contributed by atoms with E-state index in [0.29, 0.717) is 23.3 Å². The first-order chi connectivity index (χ1) is 12.7. The number of rotatable bonds is 7. The smallest absolute Gasteiger partial charge is 0.191 e. The van der Waals surface area contributed by atoms with Crippen LogP contribution in [-0.4, -0.2) is 39.2 Å². The van der Waals surface area contributed by atoms with Crippen LogP contribution in [0.2, 0.25) is 0 Å². The lowest BCUT2D eigenvalue weighted by Crippen LogP contribution is -2.37. The van der Waals surface area contributed by atoms with Gasteiger partial charge in [0.1, 0.15) is 0 Å². The summed E-state index contributed by atoms with van der Waals surface area (Å²) in [5.74, 6) is 1.17. The van der Waals surface area contributed by atoms with Gasteiger partial charge in [-0.25, -0.2) is 13.4 Å². The summed E-state index contributed by atoms with van der Waals surface area (Å²) in [5.41, 5.74) is 2.85. The van der Waals surface area contributed by atoms with Crippen molar-refractivity contribution in [2.75, 3.05) is 19.8 Å². The lowest BCUT2D eigenvalue weighted by molar-refractivity contribution is 0.601. The van der Waals surface area contributed by atoms with Crippen molar-refractivity contribution in [1.82, 2.24) is 15.6 Å². The van der Waals surface area contributed by atoms with E-state index in [1.165, 1.54) is 11.3 Å². The number of halogens is 1. The van der Waals surface area contributed by atoms with Gasteiger partial charge in [-0.2, -0.15) is 0 Å². The molecule has 1 heterocycles. The van der Waals surface area contributed by atoms with Crippen molar-refractivity contribution in [2.45, 2.75) is 44.6 Å². The summed E-state index contributed by atoms with van der Waals surface area (Å²) >= 11 is 1.71. The van der Waals surface area contributed by atoms with E-state index in [0.717, 1.165) is 29.8 Å². The molecule has 0 saturated heterocycles. The zero-order chi connectivity index (χ0) is 20.0. The van der Waals surface area contributed by atoms with Crippen LogP contribution in [-0.2, 0) is 22.8 Å². The number of aromatic nitrogens is 1. The molecule has 0 aliphatic carbocycles. The fourth-order valence-corrected chi connectivity index (χ4v) is 4.48. The summed E-state index contributed by atoms with van der Waals surface area (Å²) in [6.07, 6.45) is 2.07. The molecule has 0 radical (unpaired) electrons. The summed E-state index contributed by atoms with van der Waals surface area (Å²) in [5, 5.41) is 9.81. The standard InChI is InChI=1S/C19H28N4O2S2.HI/c1-13(2)18-23-16(12-26-18)8-9-21-19(20-4)22-11-15-6-7-17(14(3)10-15)27(5,24)25;/h6-7,10,12-13H,8-9,11H2,1-5H3,(H2,20,21,22);1H. The molecule has 0 unspecified atom stereocenters. The van der Waals surface area contributed by atoms with Crippen molar-refractivity contribution >= 4 is 51.1 Å². The van der Waals surface area contributed by atoms with Crippen LogP contribution in [0.25, 0.3) is 0 Å². The fourth-order valence-electron chi connectivity index (χ4n) is 2.66. The summed E-state index contributed by atoms with van der Waals surface area (Å²) in [6.45, 7) is 7.42. The van der Waals surface area contributed by atoms with Crippen LogP contribution in [0.5, 0.6) is 0 Å². The Hall–Kier alpha value is -1.20. The van der Waals surface area contributed by atoms with Gasteiger partial charge in [-0.3, -0.25) is 4.99 Å². The van der Waals surface area contributed by atoms with Gasteiger partial charge in [-0.1, -0.05) is 26.0 Å². The van der Waals surface area contributed by atoms with Crippen LogP contribution in [0.15, 0.2) is 33.5 Å². The quantitative estimate of drug-likeness (QED) is 0.322. The second kappa shape index (κ2) is 11.1. The molecule has 0 saturated carbocycles. The van der Waals surface area contributed by atoms with E-state index in [1.54, 1.807) is 24.5 Å². The molecule has 1 aromatic carbocycles. The Kier molecular flexibility index (Phi) is 9.85. The molecular weight excluding hydrogens is 507 g/mol. The zero-order valence-electron chi connectivity index (χ0n) is 16.9. The van der Waals surface area contributed by atoms with E-state index >= 15 is 0 Å². The summed E-state index contributed by atoms with van der Waals surface area (Å²) < 4.78 is 23.4. The number of nitrogens with zero attached hydrogens (tertiary/aromatic N) is 2. The molecule has 0 bridgehead atoms. The molecule has 0 fully saturated rings. The lowest BCUT2D eigenvalue weighted by atomic mass is 10.1. The van der Waals surface area contributed by atoms with E-state index in [9.17, 15) is 8.42 Å². The first-order valence-corrected chi connectivity index (χ1v) is 11.7. The number of nitrogens with one attached hydrogen (secondary N) is 2. The first kappa shape index (κ1) is 24.8. The average molecular weight is 537 g/mol. The molecule has 2 N–H and O–H groups in total. The number of sulfone groups is 1. The van der Waals surface area contributed by atoms with Crippen molar-refractivity contribution in [1.29, 1.82) is 0 Å². The van der Waals surface area contributed by atoms with Crippen molar-refractivity contribution in [2.24, 2.45) is 4.99 Å². The number of benzene rings is 1. The Balaban J connectivity index is 0.00000392. The molecule has 1 aromatic heterocycles. The predicted molar refractivity (Wildman–Crippen MR) is 128 cm³/mol. The van der Waals surface area contributed by atoms with Crippen LogP contribution < -0.4 is 10.6 Å². The third-order valence-electron chi connectivity index (χ3n) is 4.06. The van der Waals surface area contributed by atoms with E-state index in [4.69, 9.17) is 0 Å². The van der Waals surface area contributed by atoms with Gasteiger partial charge in [0.25, 0.3) is 0 Å². The van der Waals surface area contributed by atoms with Crippen LogP contribution in [0.3, 0.4) is 0 Å². The summed E-state index contributed by atoms with van der Waals surface area (Å²) in [7, 11) is -1.46. The maximum Gasteiger partial charge on any atom is 0.191 e. The minimum absolute atomic E-state index is 0. The number of guanidine groups is 1. The molecule has 0 spiro atoms. The highest BCUT2D eigenvalue weighted by Crippen LogP contribution is 2.19. The molecule has 9 heteroatoms. The Morgan fingerprint density at radius 3 is 2.54 bits per heavy atom. The zero-order valence-corrected chi connectivity index (χ0v) is 20.9. The van der Waals surface area contributed by atoms with Crippen molar-refractivity contribution in [3.63, 3.8) is 0 Å². The molecule has 0 amide bonds. The molecule has 28 heavy (non-hydrogen) atoms. The summed E-state index contributed by atoms with van der Waals surface area (Å²) in [6, 6.07) is 5.37. The maximum absolute atomic E-state index is 11.7. The number of hydrogen-bond acceptors (Lipinski definition) is 5. The van der Waals surface area contributed by atoms with E-state index in [-0.39, 0.29) is 24.0 Å². The van der Waals surface area contributed by atoms with Crippen molar-refractivity contribution < 1.29 is 8.42 Å². The Bertz CT molecular complexity index is 908. The van der Waals surface area contributed by atoms with Gasteiger partial charge in [0.05, 0.1) is 15.6 Å². The van der Waals surface area contributed by atoms with Gasteiger partial charge in [-0.15, -0.1) is 35.3 Å². The second-order valence-electron chi connectivity index (χ2n) is 6.81. The van der Waals surface area contributed by atoms with E-state index < -0.39 is 9.84 Å². The number of thiazole rings is 1. The molecule has 0 aliphatic heterocycles. The molecule has 156 valence electrons. The third-order valence-corrected chi connectivity index (χ3v) is 6.51. The summed E-state index contributed by atoms with van der Waals surface area (Å²) in [4.78, 5) is 9.23. The SMILES string of the molecule is CN=C(NCCc1csc(C(C)C)n1)NCc1ccc(S(C)(=O)=O)c(C)c1.I. The molecule has 2 rings (SSSR count). The lowest BCUT2D eigenvalue weighted by Gasteiger charge is -2.12. The highest BCUT2D eigenvalue weighted by atomic mass is 127. The van der Waals surface area contributed by atoms with Gasteiger partial charge in [0.2, 0.25) is 0 Å². The Labute approximate surface area is 189 Å². The fraction of sp³-hybridized carbons (Fsp3) is 0.474. The monoisotopic (exact) mass is 536 g/mol. The molecule has 0 atom stereocenters. The average Bonchev–Trinajstić information content (AvgIpc) is 3.06. The van der Waals surface area contributed by atoms with Gasteiger partial charge in [0, 0.05) is 44.1 Å². The minimum Gasteiger partial charge on any atom is -0.356 e. The molecule has 2 aromatic rings. The van der Waals surface area contributed by atoms with Crippen LogP contribution >= 0.6 is 35.3 Å². The predicted octanol–water partition coefficient (Wildman–Crippen LogP) is 3.50. The Morgan fingerprint density at radius 1 is 1.29 bits per heavy atom. The van der Waals surface area contributed by atoms with Crippen LogP contribution in [0, 0.1) is 6.92 Å². The van der Waals surface area contributed by atoms with E-state index in [2.05, 4.69) is 39.8 Å². The number of aliphatic imine (C=N–C) groups is 1. The number of hydrogen-bond donors (Lipinski definition) is 2. The van der Waals surface area contributed by atoms with Gasteiger partial charge < -0.3 is 10.6 Å². The van der Waals surface area contributed by atoms with Crippen molar-refractivity contribution in [3.05, 3.63) is 45.4 Å². The first-order valence-electron chi connectivity index (χ1n) is 8.89. The second-order valence-corrected chi connectivity index (χ2v) is 9.68. The normalized spacial score (nSPS) is 12.0. The number of aryl methyl sites for hydroxylation is 1. The molecule has 6 nitrogen and oxygen atoms in total. The topological polar surface area (TPSA) is 83.4 Å². The van der Waals surface area contributed by atoms with Gasteiger partial charge >= 0.3 is 0 Å².